The normalized spacial score (nSPS) is 9.83. The Kier molecular flexibility index (Phi) is 3.01. The molecule has 2 N–H and O–H groups in total. The molecule has 1 aromatic carbocycles. The van der Waals surface area contributed by atoms with Gasteiger partial charge >= 0.3 is 0 Å². The highest BCUT2D eigenvalue weighted by Crippen LogP contribution is 2.23. The van der Waals surface area contributed by atoms with E-state index in [1.807, 2.05) is 6.07 Å². The van der Waals surface area contributed by atoms with Crippen LogP contribution in [0.15, 0.2) is 30.5 Å². The summed E-state index contributed by atoms with van der Waals surface area (Å²) in [5, 5.41) is 1.11. The highest BCUT2D eigenvalue weighted by molar-refractivity contribution is 6.42. The summed E-state index contributed by atoms with van der Waals surface area (Å²) >= 11 is 11.5. The lowest BCUT2D eigenvalue weighted by Crippen LogP contribution is -1.98. The zero-order chi connectivity index (χ0) is 9.14. The van der Waals surface area contributed by atoms with Crippen molar-refractivity contribution >= 4 is 23.2 Å². The summed E-state index contributed by atoms with van der Waals surface area (Å²) in [7, 11) is 0. The quantitative estimate of drug-likeness (QED) is 0.783. The molecule has 0 amide bonds. The molecule has 0 unspecified atom stereocenters. The van der Waals surface area contributed by atoms with E-state index in [4.69, 9.17) is 28.9 Å². The minimum atomic E-state index is 0.551. The van der Waals surface area contributed by atoms with E-state index >= 15 is 0 Å². The summed E-state index contributed by atoms with van der Waals surface area (Å²) < 4.78 is 0. The number of halogens is 2. The summed E-state index contributed by atoms with van der Waals surface area (Å²) in [4.78, 5) is 0. The number of nitrogens with two attached hydrogens (primary N) is 1. The van der Waals surface area contributed by atoms with Crippen LogP contribution in [0.5, 0.6) is 0 Å². The summed E-state index contributed by atoms with van der Waals surface area (Å²) in [6, 6.07) is 5.43. The molecule has 0 aliphatic rings. The molecule has 0 fully saturated rings. The van der Waals surface area contributed by atoms with E-state index in [2.05, 4.69) is 6.58 Å². The van der Waals surface area contributed by atoms with Crippen LogP contribution in [-0.2, 0) is 6.42 Å². The van der Waals surface area contributed by atoms with Gasteiger partial charge in [0.05, 0.1) is 10.0 Å². The van der Waals surface area contributed by atoms with Gasteiger partial charge in [-0.3, -0.25) is 0 Å². The zero-order valence-electron chi connectivity index (χ0n) is 6.48. The van der Waals surface area contributed by atoms with E-state index < -0.39 is 0 Å². The van der Waals surface area contributed by atoms with Gasteiger partial charge in [0.1, 0.15) is 0 Å². The standard InChI is InChI=1S/C9H9Cl2N/c1-6(12)4-7-2-3-8(10)9(11)5-7/h2-3,5H,1,4,12H2. The topological polar surface area (TPSA) is 26.0 Å². The average molecular weight is 202 g/mol. The Morgan fingerprint density at radius 2 is 2.00 bits per heavy atom. The van der Waals surface area contributed by atoms with Gasteiger partial charge in [0.25, 0.3) is 0 Å². The zero-order valence-corrected chi connectivity index (χ0v) is 7.99. The molecule has 0 aliphatic carbocycles. The van der Waals surface area contributed by atoms with Crippen molar-refractivity contribution < 1.29 is 0 Å². The van der Waals surface area contributed by atoms with Crippen molar-refractivity contribution in [1.82, 2.24) is 0 Å². The maximum Gasteiger partial charge on any atom is 0.0595 e. The Balaban J connectivity index is 2.89. The van der Waals surface area contributed by atoms with E-state index in [-0.39, 0.29) is 0 Å². The van der Waals surface area contributed by atoms with Crippen molar-refractivity contribution in [2.24, 2.45) is 5.73 Å². The van der Waals surface area contributed by atoms with Gasteiger partial charge in [-0.2, -0.15) is 0 Å². The molecule has 1 aromatic rings. The molecule has 0 saturated carbocycles. The van der Waals surface area contributed by atoms with E-state index in [1.54, 1.807) is 12.1 Å². The molecule has 12 heavy (non-hydrogen) atoms. The van der Waals surface area contributed by atoms with Crippen LogP contribution >= 0.6 is 23.2 Å². The fraction of sp³-hybridized carbons (Fsp3) is 0.111. The fourth-order valence-electron chi connectivity index (χ4n) is 0.912. The van der Waals surface area contributed by atoms with Gasteiger partial charge in [-0.25, -0.2) is 0 Å². The van der Waals surface area contributed by atoms with E-state index in [1.165, 1.54) is 0 Å². The van der Waals surface area contributed by atoms with Crippen molar-refractivity contribution in [3.05, 3.63) is 46.1 Å². The Labute approximate surface area is 81.8 Å². The first-order valence-electron chi connectivity index (χ1n) is 3.47. The van der Waals surface area contributed by atoms with Gasteiger partial charge < -0.3 is 5.73 Å². The lowest BCUT2D eigenvalue weighted by Gasteiger charge is -2.01. The maximum atomic E-state index is 5.79. The first kappa shape index (κ1) is 9.43. The van der Waals surface area contributed by atoms with Crippen molar-refractivity contribution in [2.45, 2.75) is 6.42 Å². The largest absolute Gasteiger partial charge is 0.402 e. The van der Waals surface area contributed by atoms with Crippen molar-refractivity contribution in [1.29, 1.82) is 0 Å². The number of hydrogen-bond acceptors (Lipinski definition) is 1. The molecule has 1 rings (SSSR count). The number of allylic oxidation sites excluding steroid dienone is 1. The smallest absolute Gasteiger partial charge is 0.0595 e. The van der Waals surface area contributed by atoms with Gasteiger partial charge in [0, 0.05) is 12.1 Å². The molecular formula is C9H9Cl2N. The van der Waals surface area contributed by atoms with Crippen LogP contribution in [0.3, 0.4) is 0 Å². The molecule has 3 heteroatoms. The fourth-order valence-corrected chi connectivity index (χ4v) is 1.23. The van der Waals surface area contributed by atoms with E-state index in [9.17, 15) is 0 Å². The van der Waals surface area contributed by atoms with Gasteiger partial charge in [-0.05, 0) is 17.7 Å². The van der Waals surface area contributed by atoms with E-state index in [0.717, 1.165) is 5.56 Å². The minimum absolute atomic E-state index is 0.551. The highest BCUT2D eigenvalue weighted by Gasteiger charge is 1.99. The summed E-state index contributed by atoms with van der Waals surface area (Å²) in [6.07, 6.45) is 0.636. The van der Waals surface area contributed by atoms with Crippen LogP contribution in [0.1, 0.15) is 5.56 Å². The lowest BCUT2D eigenvalue weighted by atomic mass is 10.1. The predicted molar refractivity (Wildman–Crippen MR) is 53.5 cm³/mol. The molecule has 0 spiro atoms. The monoisotopic (exact) mass is 201 g/mol. The van der Waals surface area contributed by atoms with Gasteiger partial charge in [0.2, 0.25) is 0 Å². The summed E-state index contributed by atoms with van der Waals surface area (Å²) in [5.41, 5.74) is 7.09. The van der Waals surface area contributed by atoms with Crippen LogP contribution < -0.4 is 5.73 Å². The number of hydrogen-bond donors (Lipinski definition) is 1. The summed E-state index contributed by atoms with van der Waals surface area (Å²) in [6.45, 7) is 3.60. The first-order valence-corrected chi connectivity index (χ1v) is 4.22. The molecule has 0 aromatic heterocycles. The Morgan fingerprint density at radius 1 is 1.33 bits per heavy atom. The predicted octanol–water partition coefficient (Wildman–Crippen LogP) is 3.01. The second-order valence-corrected chi connectivity index (χ2v) is 3.40. The van der Waals surface area contributed by atoms with Crippen molar-refractivity contribution in [3.8, 4) is 0 Å². The van der Waals surface area contributed by atoms with Crippen molar-refractivity contribution in [3.63, 3.8) is 0 Å². The number of rotatable bonds is 2. The molecule has 0 saturated heterocycles. The van der Waals surface area contributed by atoms with Gasteiger partial charge in [0.15, 0.2) is 0 Å². The second kappa shape index (κ2) is 3.83. The summed E-state index contributed by atoms with van der Waals surface area (Å²) in [5.74, 6) is 0. The first-order chi connectivity index (χ1) is 5.59. The third-order valence-electron chi connectivity index (χ3n) is 1.42. The molecule has 0 heterocycles. The van der Waals surface area contributed by atoms with Crippen LogP contribution in [-0.4, -0.2) is 0 Å². The van der Waals surface area contributed by atoms with E-state index in [0.29, 0.717) is 22.2 Å². The van der Waals surface area contributed by atoms with Crippen LogP contribution in [0.4, 0.5) is 0 Å². The molecule has 0 aliphatic heterocycles. The van der Waals surface area contributed by atoms with Crippen molar-refractivity contribution in [2.75, 3.05) is 0 Å². The number of benzene rings is 1. The molecule has 64 valence electrons. The molecule has 0 atom stereocenters. The molecule has 0 radical (unpaired) electrons. The van der Waals surface area contributed by atoms with Crippen LogP contribution in [0, 0.1) is 0 Å². The third-order valence-corrected chi connectivity index (χ3v) is 2.15. The Hall–Kier alpha value is -0.660. The Bertz CT molecular complexity index is 307. The second-order valence-electron chi connectivity index (χ2n) is 2.58. The third kappa shape index (κ3) is 2.43. The Morgan fingerprint density at radius 3 is 2.50 bits per heavy atom. The van der Waals surface area contributed by atoms with Gasteiger partial charge in [-0.1, -0.05) is 35.8 Å². The average Bonchev–Trinajstić information content (AvgIpc) is 1.96. The molecule has 1 nitrogen and oxygen atoms in total. The lowest BCUT2D eigenvalue weighted by molar-refractivity contribution is 1.12. The maximum absolute atomic E-state index is 5.79. The minimum Gasteiger partial charge on any atom is -0.402 e. The van der Waals surface area contributed by atoms with Crippen LogP contribution in [0.25, 0.3) is 0 Å². The SMILES string of the molecule is C=C(N)Cc1ccc(Cl)c(Cl)c1. The highest BCUT2D eigenvalue weighted by atomic mass is 35.5. The van der Waals surface area contributed by atoms with Gasteiger partial charge in [-0.15, -0.1) is 0 Å². The molecular weight excluding hydrogens is 193 g/mol. The molecule has 0 bridgehead atoms. The van der Waals surface area contributed by atoms with Crippen LogP contribution in [0.2, 0.25) is 10.0 Å².